The largest absolute Gasteiger partial charge is 0.378 e. The topological polar surface area (TPSA) is 78.9 Å². The summed E-state index contributed by atoms with van der Waals surface area (Å²) in [4.78, 5) is 13.7. The third-order valence-corrected chi connectivity index (χ3v) is 7.36. The van der Waals surface area contributed by atoms with Crippen LogP contribution < -0.4 is 9.80 Å². The number of hydrogen-bond acceptors (Lipinski definition) is 7. The molecular weight excluding hydrogens is 402 g/mol. The molecule has 0 radical (unpaired) electrons. The van der Waals surface area contributed by atoms with E-state index in [0.717, 1.165) is 35.7 Å². The fourth-order valence-corrected chi connectivity index (χ4v) is 5.41. The van der Waals surface area contributed by atoms with Gasteiger partial charge in [-0.2, -0.15) is 9.29 Å². The molecule has 0 spiro atoms. The van der Waals surface area contributed by atoms with E-state index in [4.69, 9.17) is 9.72 Å². The number of sulfonamides is 1. The number of hydrogen-bond donors (Lipinski definition) is 0. The van der Waals surface area contributed by atoms with Gasteiger partial charge in [0.1, 0.15) is 5.82 Å². The SMILES string of the molecule is Cc1cccc(CS(=O)(=O)N2CCN(c3nc(C)cc(N4CCOCC4)n3)CC2)c1. The summed E-state index contributed by atoms with van der Waals surface area (Å²) in [6.45, 7) is 9.04. The van der Waals surface area contributed by atoms with E-state index >= 15 is 0 Å². The highest BCUT2D eigenvalue weighted by Gasteiger charge is 2.28. The number of morpholine rings is 1. The molecule has 2 saturated heterocycles. The molecule has 0 unspecified atom stereocenters. The maximum absolute atomic E-state index is 12.9. The first-order chi connectivity index (χ1) is 14.4. The quantitative estimate of drug-likeness (QED) is 0.711. The van der Waals surface area contributed by atoms with Crippen molar-refractivity contribution in [3.8, 4) is 0 Å². The first kappa shape index (κ1) is 21.0. The Morgan fingerprint density at radius 2 is 1.67 bits per heavy atom. The van der Waals surface area contributed by atoms with Crippen molar-refractivity contribution >= 4 is 21.8 Å². The molecule has 0 saturated carbocycles. The van der Waals surface area contributed by atoms with Gasteiger partial charge in [0.15, 0.2) is 0 Å². The molecule has 0 bridgehead atoms. The third kappa shape index (κ3) is 4.91. The monoisotopic (exact) mass is 431 g/mol. The number of ether oxygens (including phenoxy) is 1. The Hall–Kier alpha value is -2.23. The number of anilines is 2. The molecule has 30 heavy (non-hydrogen) atoms. The predicted molar refractivity (Wildman–Crippen MR) is 117 cm³/mol. The molecule has 2 aromatic rings. The Labute approximate surface area is 178 Å². The van der Waals surface area contributed by atoms with Gasteiger partial charge >= 0.3 is 0 Å². The van der Waals surface area contributed by atoms with Gasteiger partial charge in [-0.15, -0.1) is 0 Å². The lowest BCUT2D eigenvalue weighted by Crippen LogP contribution is -2.49. The predicted octanol–water partition coefficient (Wildman–Crippen LogP) is 1.58. The summed E-state index contributed by atoms with van der Waals surface area (Å²) in [5.41, 5.74) is 2.81. The molecule has 8 nitrogen and oxygen atoms in total. The van der Waals surface area contributed by atoms with Crippen molar-refractivity contribution in [3.63, 3.8) is 0 Å². The van der Waals surface area contributed by atoms with Crippen LogP contribution in [0.25, 0.3) is 0 Å². The first-order valence-corrected chi connectivity index (χ1v) is 12.0. The van der Waals surface area contributed by atoms with Gasteiger partial charge in [0.05, 0.1) is 19.0 Å². The van der Waals surface area contributed by atoms with Gasteiger partial charge in [0.2, 0.25) is 16.0 Å². The van der Waals surface area contributed by atoms with E-state index in [-0.39, 0.29) is 5.75 Å². The van der Waals surface area contributed by atoms with Crippen molar-refractivity contribution in [1.29, 1.82) is 0 Å². The van der Waals surface area contributed by atoms with Crippen molar-refractivity contribution in [3.05, 3.63) is 47.2 Å². The number of rotatable bonds is 5. The average molecular weight is 432 g/mol. The third-order valence-electron chi connectivity index (χ3n) is 5.51. The Morgan fingerprint density at radius 1 is 0.933 bits per heavy atom. The molecule has 162 valence electrons. The highest BCUT2D eigenvalue weighted by Crippen LogP contribution is 2.21. The molecule has 2 fully saturated rings. The number of nitrogens with zero attached hydrogens (tertiary/aromatic N) is 5. The normalized spacial score (nSPS) is 18.6. The molecule has 0 atom stereocenters. The molecule has 1 aromatic carbocycles. The second-order valence-corrected chi connectivity index (χ2v) is 9.87. The summed E-state index contributed by atoms with van der Waals surface area (Å²) in [7, 11) is -3.35. The van der Waals surface area contributed by atoms with E-state index in [1.165, 1.54) is 0 Å². The van der Waals surface area contributed by atoms with E-state index in [9.17, 15) is 8.42 Å². The smallest absolute Gasteiger partial charge is 0.227 e. The number of piperazine rings is 1. The molecule has 9 heteroatoms. The minimum Gasteiger partial charge on any atom is -0.378 e. The standard InChI is InChI=1S/C21H29N5O3S/c1-17-4-3-5-19(14-17)16-30(27,28)26-8-6-25(7-9-26)21-22-18(2)15-20(23-21)24-10-12-29-13-11-24/h3-5,14-15H,6-13,16H2,1-2H3. The zero-order chi connectivity index (χ0) is 21.1. The van der Waals surface area contributed by atoms with Crippen LogP contribution in [0.5, 0.6) is 0 Å². The van der Waals surface area contributed by atoms with Crippen LogP contribution in [0.15, 0.2) is 30.3 Å². The lowest BCUT2D eigenvalue weighted by atomic mass is 10.2. The molecule has 0 aliphatic carbocycles. The summed E-state index contributed by atoms with van der Waals surface area (Å²) >= 11 is 0. The van der Waals surface area contributed by atoms with Crippen LogP contribution in [0, 0.1) is 13.8 Å². The Kier molecular flexibility index (Phi) is 6.21. The van der Waals surface area contributed by atoms with Crippen LogP contribution in [-0.4, -0.2) is 75.2 Å². The molecule has 0 N–H and O–H groups in total. The molecular formula is C21H29N5O3S. The van der Waals surface area contributed by atoms with Gasteiger partial charge in [-0.25, -0.2) is 13.4 Å². The van der Waals surface area contributed by atoms with Crippen molar-refractivity contribution < 1.29 is 13.2 Å². The summed E-state index contributed by atoms with van der Waals surface area (Å²) in [5.74, 6) is 1.62. The average Bonchev–Trinajstić information content (AvgIpc) is 2.74. The minimum atomic E-state index is -3.35. The lowest BCUT2D eigenvalue weighted by molar-refractivity contribution is 0.122. The first-order valence-electron chi connectivity index (χ1n) is 10.4. The van der Waals surface area contributed by atoms with Crippen LogP contribution >= 0.6 is 0 Å². The lowest BCUT2D eigenvalue weighted by Gasteiger charge is -2.35. The maximum atomic E-state index is 12.9. The molecule has 1 aromatic heterocycles. The van der Waals surface area contributed by atoms with Crippen molar-refractivity contribution in [2.24, 2.45) is 0 Å². The van der Waals surface area contributed by atoms with Crippen LogP contribution in [-0.2, 0) is 20.5 Å². The Bertz CT molecular complexity index is 984. The van der Waals surface area contributed by atoms with Crippen LogP contribution in [0.4, 0.5) is 11.8 Å². The van der Waals surface area contributed by atoms with E-state index in [0.29, 0.717) is 45.3 Å². The Morgan fingerprint density at radius 3 is 2.37 bits per heavy atom. The van der Waals surface area contributed by atoms with E-state index in [2.05, 4.69) is 14.8 Å². The van der Waals surface area contributed by atoms with Crippen LogP contribution in [0.2, 0.25) is 0 Å². The van der Waals surface area contributed by atoms with Crippen molar-refractivity contribution in [1.82, 2.24) is 14.3 Å². The van der Waals surface area contributed by atoms with Crippen LogP contribution in [0.1, 0.15) is 16.8 Å². The van der Waals surface area contributed by atoms with Gasteiger partial charge in [-0.1, -0.05) is 29.8 Å². The van der Waals surface area contributed by atoms with Crippen molar-refractivity contribution in [2.45, 2.75) is 19.6 Å². The summed E-state index contributed by atoms with van der Waals surface area (Å²) in [5, 5.41) is 0. The highest BCUT2D eigenvalue weighted by molar-refractivity contribution is 7.88. The molecule has 2 aliphatic heterocycles. The number of benzene rings is 1. The van der Waals surface area contributed by atoms with Crippen LogP contribution in [0.3, 0.4) is 0 Å². The van der Waals surface area contributed by atoms with E-state index in [1.807, 2.05) is 44.2 Å². The highest BCUT2D eigenvalue weighted by atomic mass is 32.2. The zero-order valence-electron chi connectivity index (χ0n) is 17.6. The molecule has 3 heterocycles. The summed E-state index contributed by atoms with van der Waals surface area (Å²) < 4.78 is 32.8. The molecule has 4 rings (SSSR count). The second kappa shape index (κ2) is 8.87. The van der Waals surface area contributed by atoms with E-state index in [1.54, 1.807) is 4.31 Å². The second-order valence-electron chi connectivity index (χ2n) is 7.90. The van der Waals surface area contributed by atoms with E-state index < -0.39 is 10.0 Å². The minimum absolute atomic E-state index is 0.0385. The van der Waals surface area contributed by atoms with Gasteiger partial charge in [0, 0.05) is 51.0 Å². The van der Waals surface area contributed by atoms with Gasteiger partial charge in [-0.05, 0) is 19.4 Å². The maximum Gasteiger partial charge on any atom is 0.227 e. The fourth-order valence-electron chi connectivity index (χ4n) is 3.90. The van der Waals surface area contributed by atoms with Gasteiger partial charge in [-0.3, -0.25) is 0 Å². The number of aryl methyl sites for hydroxylation is 2. The zero-order valence-corrected chi connectivity index (χ0v) is 18.4. The number of aromatic nitrogens is 2. The molecule has 2 aliphatic rings. The van der Waals surface area contributed by atoms with Gasteiger partial charge < -0.3 is 14.5 Å². The van der Waals surface area contributed by atoms with Crippen molar-refractivity contribution in [2.75, 3.05) is 62.3 Å². The summed E-state index contributed by atoms with van der Waals surface area (Å²) in [6.07, 6.45) is 0. The van der Waals surface area contributed by atoms with Gasteiger partial charge in [0.25, 0.3) is 0 Å². The fraction of sp³-hybridized carbons (Fsp3) is 0.524. The molecule has 0 amide bonds. The summed E-state index contributed by atoms with van der Waals surface area (Å²) in [6, 6.07) is 9.68. The Balaban J connectivity index is 1.42.